The quantitative estimate of drug-likeness (QED) is 0.199. The molecule has 4 saturated carbocycles. The Morgan fingerprint density at radius 2 is 1.93 bits per heavy atom. The van der Waals surface area contributed by atoms with E-state index >= 15 is 0 Å². The van der Waals surface area contributed by atoms with E-state index in [1.807, 2.05) is 11.3 Å². The van der Waals surface area contributed by atoms with E-state index in [-0.39, 0.29) is 22.9 Å². The second-order valence-electron chi connectivity index (χ2n) is 15.2. The Balaban J connectivity index is 1.28. The van der Waals surface area contributed by atoms with Crippen molar-refractivity contribution < 1.29 is 19.7 Å². The van der Waals surface area contributed by atoms with Crippen LogP contribution in [0.15, 0.2) is 41.6 Å². The van der Waals surface area contributed by atoms with Gasteiger partial charge >= 0.3 is 5.97 Å². The first-order valence-electron chi connectivity index (χ1n) is 18.2. The van der Waals surface area contributed by atoms with Gasteiger partial charge in [0.2, 0.25) is 0 Å². The summed E-state index contributed by atoms with van der Waals surface area (Å²) in [5, 5.41) is 21.7. The predicted molar refractivity (Wildman–Crippen MR) is 184 cm³/mol. The number of aliphatic hydroxyl groups excluding tert-OH is 2. The van der Waals surface area contributed by atoms with Crippen molar-refractivity contribution in [2.45, 2.75) is 161 Å². The second-order valence-corrected chi connectivity index (χ2v) is 16.3. The molecule has 0 unspecified atom stereocenters. The maximum absolute atomic E-state index is 13.0. The number of allylic oxidation sites excluding steroid dienone is 3. The van der Waals surface area contributed by atoms with Gasteiger partial charge in [0.1, 0.15) is 11.1 Å². The number of hydrogen-bond acceptors (Lipinski definition) is 6. The fraction of sp³-hybridized carbons (Fsp3) is 0.744. The molecule has 1 aromatic rings. The average Bonchev–Trinajstić information content (AvgIpc) is 3.53. The average molecular weight is 638 g/mol. The third-order valence-corrected chi connectivity index (χ3v) is 13.3. The Kier molecular flexibility index (Phi) is 11.5. The molecule has 0 amide bonds. The van der Waals surface area contributed by atoms with Crippen LogP contribution < -0.4 is 0 Å². The van der Waals surface area contributed by atoms with Crippen molar-refractivity contribution in [3.05, 3.63) is 51.5 Å². The first-order chi connectivity index (χ1) is 21.6. The molecule has 4 aliphatic carbocycles. The number of esters is 1. The van der Waals surface area contributed by atoms with Gasteiger partial charge < -0.3 is 14.9 Å². The third kappa shape index (κ3) is 7.70. The standard InChI is InChI=1S/C39H59NO4S/c1-6-8-12-31-25-40-37(45-31)39(21-22-39)35(44-36(43)13-9-7-2)19-14-26(3)32-17-18-33-28(11-10-20-38(32,33)5)15-16-29-23-30(41)24-34(42)27(29)4/h15-16,25-26,30,32-35,41-42H,4,6-14,17-24H2,1-3,5H3/t26-,30-,32-,33+,34+,35-,38-/m1/s1. The van der Waals surface area contributed by atoms with Crippen LogP contribution in [0.3, 0.4) is 0 Å². The number of hydrogen-bond donors (Lipinski definition) is 2. The van der Waals surface area contributed by atoms with Gasteiger partial charge in [-0.25, -0.2) is 4.98 Å². The third-order valence-electron chi connectivity index (χ3n) is 12.0. The summed E-state index contributed by atoms with van der Waals surface area (Å²) in [5.74, 6) is 1.76. The zero-order chi connectivity index (χ0) is 32.2. The number of rotatable bonds is 14. The zero-order valence-electron chi connectivity index (χ0n) is 28.5. The van der Waals surface area contributed by atoms with Crippen molar-refractivity contribution >= 4 is 17.3 Å². The van der Waals surface area contributed by atoms with Crippen LogP contribution in [-0.4, -0.2) is 39.5 Å². The van der Waals surface area contributed by atoms with Crippen molar-refractivity contribution in [2.24, 2.45) is 23.2 Å². The minimum absolute atomic E-state index is 0.0340. The summed E-state index contributed by atoms with van der Waals surface area (Å²) in [5.41, 5.74) is 3.49. The molecule has 7 atom stereocenters. The van der Waals surface area contributed by atoms with Crippen LogP contribution in [0.25, 0.3) is 0 Å². The molecule has 1 heterocycles. The summed E-state index contributed by atoms with van der Waals surface area (Å²) in [7, 11) is 0. The molecule has 5 nitrogen and oxygen atoms in total. The molecule has 0 radical (unpaired) electrons. The molecule has 0 aromatic carbocycles. The minimum Gasteiger partial charge on any atom is -0.461 e. The molecule has 5 rings (SSSR count). The molecule has 0 spiro atoms. The SMILES string of the molecule is C=C1C(=CC=C2CCC[C@]3(C)[C@@H]([C@H](C)CC[C@@H](OC(=O)CCCC)C4(c5ncc(CCCC)s5)CC4)CC[C@@H]23)C[C@@H](O)C[C@@H]1O. The molecule has 4 aliphatic rings. The Morgan fingerprint density at radius 1 is 1.16 bits per heavy atom. The number of aliphatic hydroxyl groups is 2. The van der Waals surface area contributed by atoms with E-state index in [1.54, 1.807) is 0 Å². The van der Waals surface area contributed by atoms with Crippen molar-refractivity contribution in [3.8, 4) is 0 Å². The Bertz CT molecular complexity index is 1240. The van der Waals surface area contributed by atoms with Gasteiger partial charge in [0, 0.05) is 23.9 Å². The van der Waals surface area contributed by atoms with E-state index in [1.165, 1.54) is 54.0 Å². The number of nitrogens with zero attached hydrogens (tertiary/aromatic N) is 1. The molecule has 0 bridgehead atoms. The molecule has 6 heteroatoms. The highest BCUT2D eigenvalue weighted by atomic mass is 32.1. The van der Waals surface area contributed by atoms with E-state index in [0.717, 1.165) is 62.5 Å². The van der Waals surface area contributed by atoms with Crippen LogP contribution in [0, 0.1) is 23.2 Å². The van der Waals surface area contributed by atoms with Crippen molar-refractivity contribution in [3.63, 3.8) is 0 Å². The van der Waals surface area contributed by atoms with Crippen molar-refractivity contribution in [2.75, 3.05) is 0 Å². The normalized spacial score (nSPS) is 32.4. The monoisotopic (exact) mass is 637 g/mol. The molecule has 0 saturated heterocycles. The molecule has 45 heavy (non-hydrogen) atoms. The first kappa shape index (κ1) is 34.6. The number of fused-ring (bicyclic) bond motifs is 1. The highest BCUT2D eigenvalue weighted by Crippen LogP contribution is 2.60. The molecule has 0 aliphatic heterocycles. The van der Waals surface area contributed by atoms with E-state index in [4.69, 9.17) is 9.72 Å². The number of aromatic nitrogens is 1. The van der Waals surface area contributed by atoms with Gasteiger partial charge in [-0.15, -0.1) is 11.3 Å². The number of aryl methyl sites for hydroxylation is 1. The maximum Gasteiger partial charge on any atom is 0.306 e. The second kappa shape index (κ2) is 15.0. The van der Waals surface area contributed by atoms with E-state index < -0.39 is 12.2 Å². The minimum atomic E-state index is -0.644. The number of carbonyl (C=O) groups excluding carboxylic acids is 1. The molecule has 250 valence electrons. The van der Waals surface area contributed by atoms with Crippen LogP contribution in [0.2, 0.25) is 0 Å². The number of unbranched alkanes of at least 4 members (excludes halogenated alkanes) is 2. The lowest BCUT2D eigenvalue weighted by molar-refractivity contribution is -0.151. The molecule has 2 N–H and O–H groups in total. The molecular weight excluding hydrogens is 578 g/mol. The molecule has 1 aromatic heterocycles. The first-order valence-corrected chi connectivity index (χ1v) is 19.0. The zero-order valence-corrected chi connectivity index (χ0v) is 29.3. The summed E-state index contributed by atoms with van der Waals surface area (Å²) < 4.78 is 6.37. The fourth-order valence-electron chi connectivity index (χ4n) is 9.09. The highest BCUT2D eigenvalue weighted by molar-refractivity contribution is 7.11. The van der Waals surface area contributed by atoms with Gasteiger partial charge in [-0.3, -0.25) is 4.79 Å². The van der Waals surface area contributed by atoms with E-state index in [2.05, 4.69) is 52.6 Å². The van der Waals surface area contributed by atoms with Gasteiger partial charge in [0.15, 0.2) is 0 Å². The van der Waals surface area contributed by atoms with Crippen LogP contribution in [0.5, 0.6) is 0 Å². The van der Waals surface area contributed by atoms with Crippen LogP contribution >= 0.6 is 11.3 Å². The van der Waals surface area contributed by atoms with Gasteiger partial charge in [-0.05, 0) is 118 Å². The number of carbonyl (C=O) groups is 1. The van der Waals surface area contributed by atoms with Crippen LogP contribution in [-0.2, 0) is 21.4 Å². The predicted octanol–water partition coefficient (Wildman–Crippen LogP) is 9.18. The Hall–Kier alpha value is -1.76. The largest absolute Gasteiger partial charge is 0.461 e. The van der Waals surface area contributed by atoms with Gasteiger partial charge in [0.05, 0.1) is 17.6 Å². The molecule has 4 fully saturated rings. The van der Waals surface area contributed by atoms with Crippen molar-refractivity contribution in [1.29, 1.82) is 0 Å². The maximum atomic E-state index is 13.0. The highest BCUT2D eigenvalue weighted by Gasteiger charge is 2.56. The fourth-order valence-corrected chi connectivity index (χ4v) is 10.3. The van der Waals surface area contributed by atoms with Crippen molar-refractivity contribution in [1.82, 2.24) is 4.98 Å². The van der Waals surface area contributed by atoms with Gasteiger partial charge in [-0.2, -0.15) is 0 Å². The van der Waals surface area contributed by atoms with Crippen LogP contribution in [0.4, 0.5) is 0 Å². The van der Waals surface area contributed by atoms with Gasteiger partial charge in [0.25, 0.3) is 0 Å². The summed E-state index contributed by atoms with van der Waals surface area (Å²) in [6.45, 7) is 13.5. The number of ether oxygens (including phenoxy) is 1. The number of thiazole rings is 1. The lowest BCUT2D eigenvalue weighted by Gasteiger charge is -2.44. The molecular formula is C39H59NO4S. The van der Waals surface area contributed by atoms with E-state index in [9.17, 15) is 15.0 Å². The smallest absolute Gasteiger partial charge is 0.306 e. The summed E-state index contributed by atoms with van der Waals surface area (Å²) >= 11 is 1.86. The Labute approximate surface area is 276 Å². The Morgan fingerprint density at radius 3 is 2.67 bits per heavy atom. The summed E-state index contributed by atoms with van der Waals surface area (Å²) in [6.07, 6.45) is 22.4. The topological polar surface area (TPSA) is 79.7 Å². The van der Waals surface area contributed by atoms with Gasteiger partial charge in [-0.1, -0.05) is 64.8 Å². The van der Waals surface area contributed by atoms with Crippen LogP contribution in [0.1, 0.15) is 140 Å². The lowest BCUT2D eigenvalue weighted by atomic mass is 9.60. The lowest BCUT2D eigenvalue weighted by Crippen LogP contribution is -2.37. The summed E-state index contributed by atoms with van der Waals surface area (Å²) in [6, 6.07) is 0. The van der Waals surface area contributed by atoms with E-state index in [0.29, 0.717) is 37.0 Å². The summed E-state index contributed by atoms with van der Waals surface area (Å²) in [4.78, 5) is 19.3.